The predicted octanol–water partition coefficient (Wildman–Crippen LogP) is 3.75. The molecule has 0 bridgehead atoms. The van der Waals surface area contributed by atoms with Crippen molar-refractivity contribution < 1.29 is 14.3 Å². The summed E-state index contributed by atoms with van der Waals surface area (Å²) >= 11 is 0. The molecule has 0 spiro atoms. The molecule has 0 unspecified atom stereocenters. The van der Waals surface area contributed by atoms with Gasteiger partial charge in [0, 0.05) is 31.8 Å². The van der Waals surface area contributed by atoms with E-state index in [1.54, 1.807) is 0 Å². The van der Waals surface area contributed by atoms with Crippen LogP contribution in [0.3, 0.4) is 0 Å². The van der Waals surface area contributed by atoms with Crippen molar-refractivity contribution in [3.8, 4) is 11.1 Å². The number of carbonyl (C=O) groups is 1. The molecule has 2 heterocycles. The van der Waals surface area contributed by atoms with E-state index >= 15 is 0 Å². The van der Waals surface area contributed by atoms with Gasteiger partial charge in [0.2, 0.25) is 5.91 Å². The molecule has 5 rings (SSSR count). The first-order valence-corrected chi connectivity index (χ1v) is 10.5. The Kier molecular flexibility index (Phi) is 4.91. The van der Waals surface area contributed by atoms with Gasteiger partial charge in [-0.2, -0.15) is 0 Å². The number of rotatable bonds is 3. The standard InChI is InChI=1S/C24H27NO3/c26-24(25-22-11-14-28-15-21(22)16-9-12-27-13-10-16)23-19-7-3-1-5-17(19)18-6-2-4-8-20(18)23/h1-8,16,21-23H,9-15H2,(H,25,26)/t21-,22-/m0/s1. The van der Waals surface area contributed by atoms with Gasteiger partial charge in [0.1, 0.15) is 0 Å². The summed E-state index contributed by atoms with van der Waals surface area (Å²) in [5.41, 5.74) is 4.61. The SMILES string of the molecule is O=C(N[C@H]1CCOC[C@H]1C1CCOCC1)C1c2ccccc2-c2ccccc21. The number of hydrogen-bond acceptors (Lipinski definition) is 3. The Morgan fingerprint density at radius 1 is 0.821 bits per heavy atom. The van der Waals surface area contributed by atoms with Crippen LogP contribution in [0.2, 0.25) is 0 Å². The van der Waals surface area contributed by atoms with E-state index in [4.69, 9.17) is 9.47 Å². The van der Waals surface area contributed by atoms with Crippen LogP contribution in [0.1, 0.15) is 36.3 Å². The lowest BCUT2D eigenvalue weighted by Crippen LogP contribution is -2.50. The van der Waals surface area contributed by atoms with Crippen molar-refractivity contribution in [1.82, 2.24) is 5.32 Å². The highest BCUT2D eigenvalue weighted by molar-refractivity contribution is 5.96. The maximum atomic E-state index is 13.5. The number of fused-ring (bicyclic) bond motifs is 3. The fourth-order valence-electron chi connectivity index (χ4n) is 5.25. The molecular weight excluding hydrogens is 350 g/mol. The molecular formula is C24H27NO3. The van der Waals surface area contributed by atoms with E-state index in [-0.39, 0.29) is 17.9 Å². The van der Waals surface area contributed by atoms with Crippen molar-refractivity contribution in [2.45, 2.75) is 31.2 Å². The first kappa shape index (κ1) is 17.9. The molecule has 146 valence electrons. The van der Waals surface area contributed by atoms with Crippen molar-refractivity contribution >= 4 is 5.91 Å². The normalized spacial score (nSPS) is 25.1. The molecule has 2 aromatic carbocycles. The largest absolute Gasteiger partial charge is 0.381 e. The second-order valence-electron chi connectivity index (χ2n) is 8.20. The third kappa shape index (κ3) is 3.15. The molecule has 2 atom stereocenters. The highest BCUT2D eigenvalue weighted by Crippen LogP contribution is 2.44. The molecule has 1 aliphatic carbocycles. The van der Waals surface area contributed by atoms with Crippen LogP contribution in [0.25, 0.3) is 11.1 Å². The Hall–Kier alpha value is -2.17. The van der Waals surface area contributed by atoms with Crippen molar-refractivity contribution in [3.05, 3.63) is 59.7 Å². The van der Waals surface area contributed by atoms with E-state index in [1.807, 2.05) is 12.1 Å². The van der Waals surface area contributed by atoms with Crippen molar-refractivity contribution in [2.24, 2.45) is 11.8 Å². The topological polar surface area (TPSA) is 47.6 Å². The van der Waals surface area contributed by atoms with Crippen LogP contribution >= 0.6 is 0 Å². The van der Waals surface area contributed by atoms with Crippen LogP contribution in [0.15, 0.2) is 48.5 Å². The van der Waals surface area contributed by atoms with E-state index < -0.39 is 0 Å². The first-order chi connectivity index (χ1) is 13.8. The van der Waals surface area contributed by atoms with Gasteiger partial charge in [0.15, 0.2) is 0 Å². The number of ether oxygens (including phenoxy) is 2. The highest BCUT2D eigenvalue weighted by atomic mass is 16.5. The van der Waals surface area contributed by atoms with Crippen LogP contribution in [0.5, 0.6) is 0 Å². The summed E-state index contributed by atoms with van der Waals surface area (Å²) in [4.78, 5) is 13.5. The lowest BCUT2D eigenvalue weighted by molar-refractivity contribution is -0.124. The van der Waals surface area contributed by atoms with Gasteiger partial charge >= 0.3 is 0 Å². The minimum Gasteiger partial charge on any atom is -0.381 e. The van der Waals surface area contributed by atoms with E-state index in [0.717, 1.165) is 56.8 Å². The van der Waals surface area contributed by atoms with Gasteiger partial charge in [0.25, 0.3) is 0 Å². The molecule has 0 aromatic heterocycles. The molecule has 2 aromatic rings. The molecule has 2 fully saturated rings. The van der Waals surface area contributed by atoms with Crippen molar-refractivity contribution in [3.63, 3.8) is 0 Å². The fraction of sp³-hybridized carbons (Fsp3) is 0.458. The third-order valence-electron chi connectivity index (χ3n) is 6.70. The Labute approximate surface area is 166 Å². The van der Waals surface area contributed by atoms with Gasteiger partial charge in [-0.1, -0.05) is 48.5 Å². The van der Waals surface area contributed by atoms with Crippen LogP contribution < -0.4 is 5.32 Å². The molecule has 2 aliphatic heterocycles. The van der Waals surface area contributed by atoms with Gasteiger partial charge in [-0.15, -0.1) is 0 Å². The molecule has 3 aliphatic rings. The summed E-state index contributed by atoms with van der Waals surface area (Å²) in [5.74, 6) is 0.864. The van der Waals surface area contributed by atoms with Gasteiger partial charge in [-0.3, -0.25) is 4.79 Å². The zero-order valence-electron chi connectivity index (χ0n) is 16.1. The minimum absolute atomic E-state index is 0.126. The second-order valence-corrected chi connectivity index (χ2v) is 8.20. The molecule has 0 radical (unpaired) electrons. The summed E-state index contributed by atoms with van der Waals surface area (Å²) in [6.45, 7) is 3.12. The number of carbonyl (C=O) groups excluding carboxylic acids is 1. The number of amides is 1. The van der Waals surface area contributed by atoms with Crippen LogP contribution in [-0.4, -0.2) is 38.4 Å². The lowest BCUT2D eigenvalue weighted by Gasteiger charge is -2.39. The summed E-state index contributed by atoms with van der Waals surface area (Å²) in [6.07, 6.45) is 3.02. The number of benzene rings is 2. The Morgan fingerprint density at radius 2 is 1.43 bits per heavy atom. The number of nitrogens with one attached hydrogen (secondary N) is 1. The summed E-state index contributed by atoms with van der Waals surface area (Å²) in [5, 5.41) is 3.43. The Balaban J connectivity index is 1.40. The average Bonchev–Trinajstić information content (AvgIpc) is 3.09. The smallest absolute Gasteiger partial charge is 0.232 e. The molecule has 0 saturated carbocycles. The molecule has 1 N–H and O–H groups in total. The second kappa shape index (κ2) is 7.69. The van der Waals surface area contributed by atoms with Crippen LogP contribution in [-0.2, 0) is 14.3 Å². The van der Waals surface area contributed by atoms with Gasteiger partial charge in [-0.05, 0) is 47.4 Å². The fourth-order valence-corrected chi connectivity index (χ4v) is 5.25. The van der Waals surface area contributed by atoms with E-state index in [0.29, 0.717) is 11.8 Å². The Morgan fingerprint density at radius 3 is 2.11 bits per heavy atom. The van der Waals surface area contributed by atoms with Gasteiger partial charge in [0.05, 0.1) is 12.5 Å². The molecule has 2 saturated heterocycles. The van der Waals surface area contributed by atoms with Gasteiger partial charge < -0.3 is 14.8 Å². The predicted molar refractivity (Wildman–Crippen MR) is 108 cm³/mol. The first-order valence-electron chi connectivity index (χ1n) is 10.5. The zero-order chi connectivity index (χ0) is 18.9. The van der Waals surface area contributed by atoms with Crippen LogP contribution in [0.4, 0.5) is 0 Å². The summed E-state index contributed by atoms with van der Waals surface area (Å²) in [6, 6.07) is 16.8. The third-order valence-corrected chi connectivity index (χ3v) is 6.70. The molecule has 1 amide bonds. The summed E-state index contributed by atoms with van der Waals surface area (Å²) < 4.78 is 11.3. The van der Waals surface area contributed by atoms with Crippen molar-refractivity contribution in [1.29, 1.82) is 0 Å². The minimum atomic E-state index is -0.217. The summed E-state index contributed by atoms with van der Waals surface area (Å²) in [7, 11) is 0. The zero-order valence-corrected chi connectivity index (χ0v) is 16.1. The van der Waals surface area contributed by atoms with E-state index in [2.05, 4.69) is 41.7 Å². The molecule has 4 nitrogen and oxygen atoms in total. The van der Waals surface area contributed by atoms with Gasteiger partial charge in [-0.25, -0.2) is 0 Å². The van der Waals surface area contributed by atoms with E-state index in [9.17, 15) is 4.79 Å². The molecule has 28 heavy (non-hydrogen) atoms. The number of hydrogen-bond donors (Lipinski definition) is 1. The monoisotopic (exact) mass is 377 g/mol. The molecule has 4 heteroatoms. The van der Waals surface area contributed by atoms with E-state index in [1.165, 1.54) is 11.1 Å². The maximum Gasteiger partial charge on any atom is 0.232 e. The Bertz CT molecular complexity index is 813. The average molecular weight is 377 g/mol. The lowest BCUT2D eigenvalue weighted by atomic mass is 9.79. The highest BCUT2D eigenvalue weighted by Gasteiger charge is 2.38. The van der Waals surface area contributed by atoms with Crippen LogP contribution in [0, 0.1) is 11.8 Å². The maximum absolute atomic E-state index is 13.5. The quantitative estimate of drug-likeness (QED) is 0.886. The van der Waals surface area contributed by atoms with Crippen molar-refractivity contribution in [2.75, 3.05) is 26.4 Å².